The first-order valence-electron chi connectivity index (χ1n) is 5.60. The van der Waals surface area contributed by atoms with Gasteiger partial charge in [-0.3, -0.25) is 4.79 Å². The van der Waals surface area contributed by atoms with Gasteiger partial charge in [-0.05, 0) is 31.1 Å². The van der Waals surface area contributed by atoms with Gasteiger partial charge in [0.25, 0.3) is 0 Å². The van der Waals surface area contributed by atoms with Crippen LogP contribution in [-0.4, -0.2) is 5.78 Å². The Morgan fingerprint density at radius 2 is 1.62 bits per heavy atom. The molecule has 0 unspecified atom stereocenters. The van der Waals surface area contributed by atoms with Crippen molar-refractivity contribution in [1.82, 2.24) is 0 Å². The molecule has 16 heavy (non-hydrogen) atoms. The molecule has 0 fully saturated rings. The van der Waals surface area contributed by atoms with Crippen molar-refractivity contribution >= 4 is 11.4 Å². The Balaban J connectivity index is 2.94. The number of allylic oxidation sites excluding steroid dienone is 2. The summed E-state index contributed by atoms with van der Waals surface area (Å²) in [5.41, 5.74) is 3.08. The minimum Gasteiger partial charge on any atom is -0.294 e. The second kappa shape index (κ2) is 4.65. The van der Waals surface area contributed by atoms with Gasteiger partial charge >= 0.3 is 0 Å². The molecule has 1 heteroatoms. The van der Waals surface area contributed by atoms with Gasteiger partial charge in [0.2, 0.25) is 0 Å². The third-order valence-corrected chi connectivity index (χ3v) is 2.59. The Hall–Kier alpha value is -1.37. The second-order valence-corrected chi connectivity index (χ2v) is 5.31. The fourth-order valence-electron chi connectivity index (χ4n) is 1.31. The molecule has 0 saturated carbocycles. The van der Waals surface area contributed by atoms with E-state index in [1.165, 1.54) is 5.56 Å². The largest absolute Gasteiger partial charge is 0.294 e. The van der Waals surface area contributed by atoms with Gasteiger partial charge < -0.3 is 0 Å². The number of ketones is 1. The molecule has 1 rings (SSSR count). The number of aryl methyl sites for hydroxylation is 1. The molecular weight excluding hydrogens is 196 g/mol. The highest BCUT2D eigenvalue weighted by Gasteiger charge is 2.18. The number of hydrogen-bond donors (Lipinski definition) is 0. The van der Waals surface area contributed by atoms with Crippen LogP contribution in [0.1, 0.15) is 38.8 Å². The molecule has 0 atom stereocenters. The summed E-state index contributed by atoms with van der Waals surface area (Å²) in [5.74, 6) is 0.172. The smallest absolute Gasteiger partial charge is 0.161 e. The van der Waals surface area contributed by atoms with E-state index in [4.69, 9.17) is 0 Å². The molecule has 0 aliphatic heterocycles. The van der Waals surface area contributed by atoms with Crippen molar-refractivity contribution in [2.45, 2.75) is 34.6 Å². The first kappa shape index (κ1) is 12.7. The highest BCUT2D eigenvalue weighted by atomic mass is 16.1. The maximum atomic E-state index is 11.8. The van der Waals surface area contributed by atoms with Crippen molar-refractivity contribution in [2.75, 3.05) is 0 Å². The van der Waals surface area contributed by atoms with Gasteiger partial charge in [0.15, 0.2) is 5.78 Å². The van der Waals surface area contributed by atoms with Crippen LogP contribution in [-0.2, 0) is 4.79 Å². The maximum absolute atomic E-state index is 11.8. The fourth-order valence-corrected chi connectivity index (χ4v) is 1.31. The summed E-state index contributed by atoms with van der Waals surface area (Å²) in [6, 6.07) is 8.23. The lowest BCUT2D eigenvalue weighted by Gasteiger charge is -2.14. The first-order chi connectivity index (χ1) is 7.30. The molecular formula is C15H20O. The summed E-state index contributed by atoms with van der Waals surface area (Å²) < 4.78 is 0. The lowest BCUT2D eigenvalue weighted by Crippen LogP contribution is -2.17. The number of carbonyl (C=O) groups is 1. The van der Waals surface area contributed by atoms with E-state index in [1.54, 1.807) is 6.08 Å². The molecule has 0 saturated heterocycles. The van der Waals surface area contributed by atoms with Crippen LogP contribution in [0.4, 0.5) is 0 Å². The molecule has 0 heterocycles. The van der Waals surface area contributed by atoms with Crippen molar-refractivity contribution < 1.29 is 4.79 Å². The molecule has 0 aliphatic carbocycles. The van der Waals surface area contributed by atoms with Crippen LogP contribution in [0.3, 0.4) is 0 Å². The van der Waals surface area contributed by atoms with Crippen LogP contribution in [0.25, 0.3) is 5.57 Å². The van der Waals surface area contributed by atoms with Crippen molar-refractivity contribution in [1.29, 1.82) is 0 Å². The van der Waals surface area contributed by atoms with Crippen LogP contribution < -0.4 is 0 Å². The quantitative estimate of drug-likeness (QED) is 0.682. The number of hydrogen-bond acceptors (Lipinski definition) is 1. The molecule has 86 valence electrons. The van der Waals surface area contributed by atoms with Crippen LogP contribution in [0, 0.1) is 12.3 Å². The van der Waals surface area contributed by atoms with E-state index < -0.39 is 0 Å². The van der Waals surface area contributed by atoms with Gasteiger partial charge in [0.05, 0.1) is 0 Å². The fraction of sp³-hybridized carbons (Fsp3) is 0.400. The predicted molar refractivity (Wildman–Crippen MR) is 69.3 cm³/mol. The zero-order valence-corrected chi connectivity index (χ0v) is 10.8. The summed E-state index contributed by atoms with van der Waals surface area (Å²) >= 11 is 0. The van der Waals surface area contributed by atoms with Crippen molar-refractivity contribution in [3.63, 3.8) is 0 Å². The molecule has 1 aromatic carbocycles. The summed E-state index contributed by atoms with van der Waals surface area (Å²) in [6.07, 6.45) is 1.74. The molecule has 0 bridgehead atoms. The Kier molecular flexibility index (Phi) is 3.69. The average molecular weight is 216 g/mol. The van der Waals surface area contributed by atoms with Crippen LogP contribution in [0.15, 0.2) is 30.3 Å². The van der Waals surface area contributed by atoms with E-state index in [1.807, 2.05) is 27.7 Å². The maximum Gasteiger partial charge on any atom is 0.161 e. The predicted octanol–water partition coefficient (Wildman–Crippen LogP) is 4.01. The monoisotopic (exact) mass is 216 g/mol. The Morgan fingerprint density at radius 1 is 1.12 bits per heavy atom. The molecule has 0 amide bonds. The van der Waals surface area contributed by atoms with Gasteiger partial charge in [0.1, 0.15) is 0 Å². The number of carbonyl (C=O) groups excluding carboxylic acids is 1. The minimum atomic E-state index is -0.300. The van der Waals surface area contributed by atoms with E-state index in [0.717, 1.165) is 11.1 Å². The summed E-state index contributed by atoms with van der Waals surface area (Å²) in [7, 11) is 0. The van der Waals surface area contributed by atoms with Crippen LogP contribution >= 0.6 is 0 Å². The van der Waals surface area contributed by atoms with E-state index >= 15 is 0 Å². The van der Waals surface area contributed by atoms with Crippen LogP contribution in [0.5, 0.6) is 0 Å². The molecule has 1 nitrogen and oxygen atoms in total. The highest BCUT2D eigenvalue weighted by Crippen LogP contribution is 2.20. The third-order valence-electron chi connectivity index (χ3n) is 2.59. The third kappa shape index (κ3) is 3.34. The van der Waals surface area contributed by atoms with Crippen molar-refractivity contribution in [3.8, 4) is 0 Å². The molecule has 1 aromatic rings. The summed E-state index contributed by atoms with van der Waals surface area (Å²) in [4.78, 5) is 11.8. The van der Waals surface area contributed by atoms with Gasteiger partial charge in [-0.15, -0.1) is 0 Å². The second-order valence-electron chi connectivity index (χ2n) is 5.31. The Bertz CT molecular complexity index is 402. The first-order valence-corrected chi connectivity index (χ1v) is 5.60. The van der Waals surface area contributed by atoms with E-state index in [-0.39, 0.29) is 11.2 Å². The van der Waals surface area contributed by atoms with Gasteiger partial charge in [-0.2, -0.15) is 0 Å². The van der Waals surface area contributed by atoms with Crippen molar-refractivity contribution in [2.24, 2.45) is 5.41 Å². The average Bonchev–Trinajstić information content (AvgIpc) is 2.17. The van der Waals surface area contributed by atoms with Gasteiger partial charge in [0, 0.05) is 5.41 Å². The lowest BCUT2D eigenvalue weighted by atomic mass is 9.89. The molecule has 0 radical (unpaired) electrons. The normalized spacial score (nSPS) is 12.7. The lowest BCUT2D eigenvalue weighted by molar-refractivity contribution is -0.121. The summed E-state index contributed by atoms with van der Waals surface area (Å²) in [5, 5.41) is 0. The van der Waals surface area contributed by atoms with E-state index in [0.29, 0.717) is 0 Å². The zero-order valence-electron chi connectivity index (χ0n) is 10.8. The molecule has 0 aliphatic rings. The van der Waals surface area contributed by atoms with Gasteiger partial charge in [-0.1, -0.05) is 50.6 Å². The molecule has 0 spiro atoms. The number of benzene rings is 1. The Morgan fingerprint density at radius 3 is 2.06 bits per heavy atom. The SMILES string of the molecule is C/C(=C/C(=O)C(C)(C)C)c1ccc(C)cc1. The van der Waals surface area contributed by atoms with Crippen LogP contribution in [0.2, 0.25) is 0 Å². The molecule has 0 aromatic heterocycles. The standard InChI is InChI=1S/C15H20O/c1-11-6-8-13(9-7-11)12(2)10-14(16)15(3,4)5/h6-10H,1-5H3/b12-10-. The zero-order chi connectivity index (χ0) is 12.3. The topological polar surface area (TPSA) is 17.1 Å². The van der Waals surface area contributed by atoms with Crippen molar-refractivity contribution in [3.05, 3.63) is 41.5 Å². The van der Waals surface area contributed by atoms with E-state index in [2.05, 4.69) is 31.2 Å². The van der Waals surface area contributed by atoms with E-state index in [9.17, 15) is 4.79 Å². The van der Waals surface area contributed by atoms with Gasteiger partial charge in [-0.25, -0.2) is 0 Å². The minimum absolute atomic E-state index is 0.172. The molecule has 0 N–H and O–H groups in total. The number of rotatable bonds is 2. The Labute approximate surface area is 98.2 Å². The highest BCUT2D eigenvalue weighted by molar-refractivity contribution is 5.99. The summed E-state index contributed by atoms with van der Waals surface area (Å²) in [6.45, 7) is 9.86.